The average Bonchev–Trinajstić information content (AvgIpc) is 2.43. The van der Waals surface area contributed by atoms with Gasteiger partial charge in [0.25, 0.3) is 5.69 Å². The van der Waals surface area contributed by atoms with Crippen LogP contribution in [-0.2, 0) is 0 Å². The summed E-state index contributed by atoms with van der Waals surface area (Å²) in [5.41, 5.74) is 0.989. The second-order valence-corrected chi connectivity index (χ2v) is 5.07. The van der Waals surface area contributed by atoms with Crippen molar-refractivity contribution in [2.24, 2.45) is 0 Å². The number of hydrogen-bond donors (Lipinski definition) is 0. The number of nitrogens with zero attached hydrogens (tertiary/aromatic N) is 1. The molecule has 0 atom stereocenters. The molecule has 2 rings (SSSR count). The Morgan fingerprint density at radius 2 is 1.81 bits per heavy atom. The lowest BCUT2D eigenvalue weighted by molar-refractivity contribution is -0.384. The number of non-ortho nitro benzene ring substituents is 1. The fraction of sp³-hybridized carbons (Fsp3) is 0.0714. The number of aldehydes is 1. The molecular formula is C14H9Cl2NO4. The molecule has 0 aliphatic carbocycles. The molecule has 0 N–H and O–H groups in total. The summed E-state index contributed by atoms with van der Waals surface area (Å²) in [5, 5.41) is 10.7. The lowest BCUT2D eigenvalue weighted by Gasteiger charge is -2.11. The summed E-state index contributed by atoms with van der Waals surface area (Å²) in [4.78, 5) is 21.2. The van der Waals surface area contributed by atoms with E-state index < -0.39 is 4.92 Å². The fourth-order valence-corrected chi connectivity index (χ4v) is 2.27. The first-order valence-corrected chi connectivity index (χ1v) is 6.55. The van der Waals surface area contributed by atoms with Crippen molar-refractivity contribution in [2.45, 2.75) is 6.92 Å². The van der Waals surface area contributed by atoms with Gasteiger partial charge in [-0.2, -0.15) is 0 Å². The highest BCUT2D eigenvalue weighted by molar-refractivity contribution is 6.37. The lowest BCUT2D eigenvalue weighted by atomic mass is 10.1. The van der Waals surface area contributed by atoms with Gasteiger partial charge in [0, 0.05) is 12.1 Å². The zero-order chi connectivity index (χ0) is 15.6. The van der Waals surface area contributed by atoms with Gasteiger partial charge in [0.15, 0.2) is 12.0 Å². The van der Waals surface area contributed by atoms with Gasteiger partial charge in [-0.3, -0.25) is 14.9 Å². The van der Waals surface area contributed by atoms with Gasteiger partial charge in [-0.05, 0) is 19.1 Å². The molecule has 0 bridgehead atoms. The molecule has 0 aromatic heterocycles. The minimum atomic E-state index is -0.607. The van der Waals surface area contributed by atoms with Crippen molar-refractivity contribution in [3.8, 4) is 11.5 Å². The van der Waals surface area contributed by atoms with Gasteiger partial charge < -0.3 is 4.74 Å². The van der Waals surface area contributed by atoms with Gasteiger partial charge in [0.2, 0.25) is 0 Å². The first-order valence-electron chi connectivity index (χ1n) is 5.79. The van der Waals surface area contributed by atoms with E-state index >= 15 is 0 Å². The highest BCUT2D eigenvalue weighted by Crippen LogP contribution is 2.40. The molecular weight excluding hydrogens is 317 g/mol. The molecule has 2 aromatic carbocycles. The van der Waals surface area contributed by atoms with Gasteiger partial charge in [-0.25, -0.2) is 0 Å². The van der Waals surface area contributed by atoms with E-state index in [1.165, 1.54) is 0 Å². The molecule has 0 heterocycles. The molecule has 0 unspecified atom stereocenters. The van der Waals surface area contributed by atoms with Crippen LogP contribution in [0.1, 0.15) is 15.9 Å². The number of carbonyl (C=O) groups excluding carboxylic acids is 1. The van der Waals surface area contributed by atoms with Crippen molar-refractivity contribution in [2.75, 3.05) is 0 Å². The quantitative estimate of drug-likeness (QED) is 0.459. The van der Waals surface area contributed by atoms with Crippen LogP contribution in [0.5, 0.6) is 11.5 Å². The number of benzene rings is 2. The Hall–Kier alpha value is -2.11. The summed E-state index contributed by atoms with van der Waals surface area (Å²) in [6.45, 7) is 1.84. The molecule has 108 valence electrons. The molecule has 0 aliphatic rings. The molecule has 0 saturated carbocycles. The molecule has 0 saturated heterocycles. The standard InChI is InChI=1S/C14H9Cl2NO4/c1-8-2-3-13(9(4-8)7-18)21-14-11(15)5-10(17(19)20)6-12(14)16/h2-7H,1H3. The van der Waals surface area contributed by atoms with Crippen molar-refractivity contribution in [3.63, 3.8) is 0 Å². The summed E-state index contributed by atoms with van der Waals surface area (Å²) in [5.74, 6) is 0.337. The van der Waals surface area contributed by atoms with Crippen LogP contribution in [0, 0.1) is 17.0 Å². The maximum Gasteiger partial charge on any atom is 0.272 e. The van der Waals surface area contributed by atoms with Crippen molar-refractivity contribution in [1.29, 1.82) is 0 Å². The smallest absolute Gasteiger partial charge is 0.272 e. The number of ether oxygens (including phenoxy) is 1. The van der Waals surface area contributed by atoms with Crippen LogP contribution in [-0.4, -0.2) is 11.2 Å². The molecule has 0 aliphatic heterocycles. The number of carbonyl (C=O) groups is 1. The minimum absolute atomic E-state index is 0.00776. The molecule has 0 amide bonds. The van der Waals surface area contributed by atoms with E-state index in [9.17, 15) is 14.9 Å². The van der Waals surface area contributed by atoms with Crippen LogP contribution >= 0.6 is 23.2 Å². The second kappa shape index (κ2) is 6.11. The minimum Gasteiger partial charge on any atom is -0.453 e. The van der Waals surface area contributed by atoms with E-state index in [1.54, 1.807) is 18.2 Å². The molecule has 7 heteroatoms. The zero-order valence-electron chi connectivity index (χ0n) is 10.8. The molecule has 2 aromatic rings. The maximum absolute atomic E-state index is 11.0. The van der Waals surface area contributed by atoms with E-state index in [2.05, 4.69) is 0 Å². The van der Waals surface area contributed by atoms with E-state index in [0.29, 0.717) is 11.8 Å². The lowest BCUT2D eigenvalue weighted by Crippen LogP contribution is -1.94. The first-order chi connectivity index (χ1) is 9.92. The van der Waals surface area contributed by atoms with Crippen LogP contribution in [0.2, 0.25) is 10.0 Å². The Kier molecular flexibility index (Phi) is 4.45. The Morgan fingerprint density at radius 1 is 1.19 bits per heavy atom. The summed E-state index contributed by atoms with van der Waals surface area (Å²) in [6.07, 6.45) is 0.648. The second-order valence-electron chi connectivity index (χ2n) is 4.26. The first kappa shape index (κ1) is 15.3. The van der Waals surface area contributed by atoms with Crippen LogP contribution < -0.4 is 4.74 Å². The molecule has 0 spiro atoms. The summed E-state index contributed by atoms with van der Waals surface area (Å²) < 4.78 is 5.53. The van der Waals surface area contributed by atoms with E-state index in [4.69, 9.17) is 27.9 Å². The maximum atomic E-state index is 11.0. The van der Waals surface area contributed by atoms with Crippen LogP contribution in [0.3, 0.4) is 0 Å². The van der Waals surface area contributed by atoms with Gasteiger partial charge in [0.05, 0.1) is 20.5 Å². The van der Waals surface area contributed by atoms with E-state index in [0.717, 1.165) is 17.7 Å². The predicted molar refractivity (Wildman–Crippen MR) is 79.8 cm³/mol. The van der Waals surface area contributed by atoms with Gasteiger partial charge in [-0.15, -0.1) is 0 Å². The Labute approximate surface area is 130 Å². The number of nitro groups is 1. The largest absolute Gasteiger partial charge is 0.453 e. The van der Waals surface area contributed by atoms with Gasteiger partial charge in [0.1, 0.15) is 5.75 Å². The van der Waals surface area contributed by atoms with Crippen molar-refractivity contribution < 1.29 is 14.5 Å². The monoisotopic (exact) mass is 325 g/mol. The van der Waals surface area contributed by atoms with Crippen LogP contribution in [0.25, 0.3) is 0 Å². The Balaban J connectivity index is 2.45. The molecule has 21 heavy (non-hydrogen) atoms. The van der Waals surface area contributed by atoms with Crippen LogP contribution in [0.4, 0.5) is 5.69 Å². The fourth-order valence-electron chi connectivity index (χ4n) is 1.71. The van der Waals surface area contributed by atoms with Crippen molar-refractivity contribution in [1.82, 2.24) is 0 Å². The summed E-state index contributed by atoms with van der Waals surface area (Å²) in [7, 11) is 0. The molecule has 0 radical (unpaired) electrons. The van der Waals surface area contributed by atoms with Crippen molar-refractivity contribution >= 4 is 35.2 Å². The number of aryl methyl sites for hydroxylation is 1. The highest BCUT2D eigenvalue weighted by Gasteiger charge is 2.17. The summed E-state index contributed by atoms with van der Waals surface area (Å²) >= 11 is 11.9. The number of halogens is 2. The van der Waals surface area contributed by atoms with E-state index in [-0.39, 0.29) is 27.2 Å². The highest BCUT2D eigenvalue weighted by atomic mass is 35.5. The third-order valence-electron chi connectivity index (χ3n) is 2.70. The van der Waals surface area contributed by atoms with Gasteiger partial charge >= 0.3 is 0 Å². The number of nitro benzene ring substituents is 1. The third-order valence-corrected chi connectivity index (χ3v) is 3.26. The average molecular weight is 326 g/mol. The van der Waals surface area contributed by atoms with E-state index in [1.807, 2.05) is 6.92 Å². The zero-order valence-corrected chi connectivity index (χ0v) is 12.3. The molecule has 0 fully saturated rings. The SMILES string of the molecule is Cc1ccc(Oc2c(Cl)cc([N+](=O)[O-])cc2Cl)c(C=O)c1. The summed E-state index contributed by atoms with van der Waals surface area (Å²) in [6, 6.07) is 7.29. The topological polar surface area (TPSA) is 69.4 Å². The predicted octanol–water partition coefficient (Wildman–Crippen LogP) is 4.81. The third kappa shape index (κ3) is 3.32. The normalized spacial score (nSPS) is 10.2. The van der Waals surface area contributed by atoms with Gasteiger partial charge in [-0.1, -0.05) is 34.8 Å². The Morgan fingerprint density at radius 3 is 2.33 bits per heavy atom. The van der Waals surface area contributed by atoms with Crippen molar-refractivity contribution in [3.05, 3.63) is 61.6 Å². The van der Waals surface area contributed by atoms with Crippen LogP contribution in [0.15, 0.2) is 30.3 Å². The molecule has 5 nitrogen and oxygen atoms in total. The number of rotatable bonds is 4. The number of hydrogen-bond acceptors (Lipinski definition) is 4. The Bertz CT molecular complexity index is 708.